The summed E-state index contributed by atoms with van der Waals surface area (Å²) in [7, 11) is -0.690. The second-order valence-electron chi connectivity index (χ2n) is 11.0. The molecule has 9 heteroatoms. The third kappa shape index (κ3) is 7.29. The molecular formula is C30H37N3O5S. The first kappa shape index (κ1) is 28.4. The fraction of sp³-hybridized carbons (Fsp3) is 0.400. The van der Waals surface area contributed by atoms with Gasteiger partial charge in [-0.25, -0.2) is 4.79 Å². The molecule has 208 valence electrons. The van der Waals surface area contributed by atoms with E-state index in [-0.39, 0.29) is 5.41 Å². The quantitative estimate of drug-likeness (QED) is 0.321. The Morgan fingerprint density at radius 2 is 1.72 bits per heavy atom. The van der Waals surface area contributed by atoms with Crippen molar-refractivity contribution in [2.75, 3.05) is 28.7 Å². The van der Waals surface area contributed by atoms with E-state index < -0.39 is 28.8 Å². The summed E-state index contributed by atoms with van der Waals surface area (Å²) in [5.74, 6) is 2.48. The van der Waals surface area contributed by atoms with Gasteiger partial charge in [-0.2, -0.15) is 0 Å². The van der Waals surface area contributed by atoms with Crippen molar-refractivity contribution >= 4 is 44.9 Å². The molecule has 8 nitrogen and oxygen atoms in total. The smallest absolute Gasteiger partial charge is 0.323 e. The second-order valence-corrected chi connectivity index (χ2v) is 12.6. The molecule has 39 heavy (non-hydrogen) atoms. The van der Waals surface area contributed by atoms with E-state index in [4.69, 9.17) is 15.2 Å². The van der Waals surface area contributed by atoms with E-state index in [9.17, 15) is 13.8 Å². The van der Waals surface area contributed by atoms with Crippen LogP contribution in [0.2, 0.25) is 0 Å². The van der Waals surface area contributed by atoms with Crippen LogP contribution in [0.15, 0.2) is 54.6 Å². The first-order chi connectivity index (χ1) is 18.5. The van der Waals surface area contributed by atoms with Crippen molar-refractivity contribution in [3.8, 4) is 11.5 Å². The van der Waals surface area contributed by atoms with Gasteiger partial charge in [-0.05, 0) is 60.9 Å². The standard InChI is InChI=1S/C30H37N3O5S/c1-19(28(31)34)38-27-11-9-21(30(2,3)4)17-25(27)33-29(35)32-24-10-12-26(23-8-6-5-7-22(23)24)37-15-13-20-14-16-39(36)18-20/h5-12,17,19-20H,13-16,18H2,1-4H3,(H2,31,34)(H2,32,33,35). The number of urea groups is 1. The molecule has 0 radical (unpaired) electrons. The predicted molar refractivity (Wildman–Crippen MR) is 157 cm³/mol. The lowest BCUT2D eigenvalue weighted by Crippen LogP contribution is -2.31. The minimum Gasteiger partial charge on any atom is -0.493 e. The summed E-state index contributed by atoms with van der Waals surface area (Å²) in [6.07, 6.45) is 0.998. The number of hydrogen-bond acceptors (Lipinski definition) is 5. The molecule has 4 rings (SSSR count). The largest absolute Gasteiger partial charge is 0.493 e. The fourth-order valence-corrected chi connectivity index (χ4v) is 6.14. The van der Waals surface area contributed by atoms with Gasteiger partial charge in [-0.15, -0.1) is 0 Å². The van der Waals surface area contributed by atoms with E-state index in [0.29, 0.717) is 29.6 Å². The highest BCUT2D eigenvalue weighted by molar-refractivity contribution is 7.85. The number of primary amides is 1. The van der Waals surface area contributed by atoms with Gasteiger partial charge in [-0.1, -0.05) is 51.1 Å². The highest BCUT2D eigenvalue weighted by Gasteiger charge is 2.22. The number of carbonyl (C=O) groups is 2. The van der Waals surface area contributed by atoms with Gasteiger partial charge in [0.2, 0.25) is 0 Å². The molecule has 1 saturated heterocycles. The Hall–Kier alpha value is -3.59. The van der Waals surface area contributed by atoms with Crippen molar-refractivity contribution < 1.29 is 23.3 Å². The lowest BCUT2D eigenvalue weighted by Gasteiger charge is -2.23. The highest BCUT2D eigenvalue weighted by atomic mass is 32.2. The summed E-state index contributed by atoms with van der Waals surface area (Å²) in [6, 6.07) is 16.4. The molecule has 1 fully saturated rings. The Morgan fingerprint density at radius 3 is 2.38 bits per heavy atom. The number of anilines is 2. The first-order valence-electron chi connectivity index (χ1n) is 13.2. The zero-order chi connectivity index (χ0) is 28.2. The molecule has 1 aliphatic heterocycles. The lowest BCUT2D eigenvalue weighted by molar-refractivity contribution is -0.123. The Labute approximate surface area is 232 Å². The van der Waals surface area contributed by atoms with Gasteiger partial charge in [0, 0.05) is 33.1 Å². The Kier molecular flexibility index (Phi) is 8.80. The summed E-state index contributed by atoms with van der Waals surface area (Å²) in [6.45, 7) is 8.33. The number of nitrogens with one attached hydrogen (secondary N) is 2. The topological polar surface area (TPSA) is 120 Å². The van der Waals surface area contributed by atoms with Crippen molar-refractivity contribution in [1.82, 2.24) is 0 Å². The number of ether oxygens (including phenoxy) is 2. The molecule has 0 aromatic heterocycles. The van der Waals surface area contributed by atoms with Crippen LogP contribution in [0.3, 0.4) is 0 Å². The van der Waals surface area contributed by atoms with Crippen LogP contribution >= 0.6 is 0 Å². The first-order valence-corrected chi connectivity index (χ1v) is 14.7. The van der Waals surface area contributed by atoms with Crippen LogP contribution in [0, 0.1) is 5.92 Å². The zero-order valence-corrected chi connectivity index (χ0v) is 23.7. The van der Waals surface area contributed by atoms with Crippen LogP contribution in [-0.4, -0.2) is 40.4 Å². The Bertz CT molecular complexity index is 1380. The Morgan fingerprint density at radius 1 is 1.03 bits per heavy atom. The van der Waals surface area contributed by atoms with Gasteiger partial charge in [0.1, 0.15) is 11.5 Å². The molecule has 1 aliphatic rings. The monoisotopic (exact) mass is 551 g/mol. The van der Waals surface area contributed by atoms with Crippen molar-refractivity contribution in [3.05, 3.63) is 60.2 Å². The van der Waals surface area contributed by atoms with Crippen LogP contribution in [0.4, 0.5) is 16.2 Å². The minimum absolute atomic E-state index is 0.165. The molecule has 4 N–H and O–H groups in total. The number of carbonyl (C=O) groups excluding carboxylic acids is 2. The highest BCUT2D eigenvalue weighted by Crippen LogP contribution is 2.34. The fourth-order valence-electron chi connectivity index (χ4n) is 4.52. The zero-order valence-electron chi connectivity index (χ0n) is 22.9. The summed E-state index contributed by atoms with van der Waals surface area (Å²) >= 11 is 0. The maximum Gasteiger partial charge on any atom is 0.323 e. The molecule has 3 aromatic carbocycles. The molecule has 3 amide bonds. The third-order valence-corrected chi connectivity index (χ3v) is 8.42. The average Bonchev–Trinajstić information content (AvgIpc) is 3.30. The summed E-state index contributed by atoms with van der Waals surface area (Å²) in [5.41, 5.74) is 7.27. The molecule has 0 bridgehead atoms. The number of amides is 3. The van der Waals surface area contributed by atoms with Gasteiger partial charge in [0.15, 0.2) is 6.10 Å². The van der Waals surface area contributed by atoms with Crippen LogP contribution < -0.4 is 25.8 Å². The van der Waals surface area contributed by atoms with E-state index in [1.165, 1.54) is 0 Å². The summed E-state index contributed by atoms with van der Waals surface area (Å²) in [4.78, 5) is 24.7. The van der Waals surface area contributed by atoms with Crippen molar-refractivity contribution in [2.45, 2.75) is 52.1 Å². The van der Waals surface area contributed by atoms with Gasteiger partial charge < -0.3 is 25.8 Å². The second kappa shape index (κ2) is 12.1. The maximum atomic E-state index is 13.2. The van der Waals surface area contributed by atoms with Crippen molar-refractivity contribution in [2.24, 2.45) is 11.7 Å². The SMILES string of the molecule is CC(Oc1ccc(C(C)(C)C)cc1NC(=O)Nc1ccc(OCCC2CCS(=O)C2)c2ccccc12)C(N)=O. The van der Waals surface area contributed by atoms with Crippen LogP contribution in [0.5, 0.6) is 11.5 Å². The normalized spacial score (nSPS) is 17.9. The van der Waals surface area contributed by atoms with Gasteiger partial charge in [-0.3, -0.25) is 9.00 Å². The van der Waals surface area contributed by atoms with Gasteiger partial charge in [0.05, 0.1) is 18.0 Å². The predicted octanol–water partition coefficient (Wildman–Crippen LogP) is 5.57. The molecule has 0 saturated carbocycles. The van der Waals surface area contributed by atoms with Gasteiger partial charge >= 0.3 is 6.03 Å². The average molecular weight is 552 g/mol. The van der Waals surface area contributed by atoms with Crippen LogP contribution in [0.1, 0.15) is 46.1 Å². The third-order valence-electron chi connectivity index (χ3n) is 6.89. The Balaban J connectivity index is 1.51. The van der Waals surface area contributed by atoms with Crippen LogP contribution in [-0.2, 0) is 21.0 Å². The van der Waals surface area contributed by atoms with E-state index in [1.807, 2.05) is 48.5 Å². The molecule has 0 spiro atoms. The summed E-state index contributed by atoms with van der Waals surface area (Å²) in [5, 5.41) is 7.55. The van der Waals surface area contributed by atoms with Gasteiger partial charge in [0.25, 0.3) is 5.91 Å². The molecule has 3 aromatic rings. The van der Waals surface area contributed by atoms with E-state index in [1.54, 1.807) is 13.0 Å². The molecule has 3 atom stereocenters. The lowest BCUT2D eigenvalue weighted by atomic mass is 9.87. The minimum atomic E-state index is -0.860. The molecule has 3 unspecified atom stereocenters. The van der Waals surface area contributed by atoms with Crippen LogP contribution in [0.25, 0.3) is 10.8 Å². The van der Waals surface area contributed by atoms with Crippen molar-refractivity contribution in [1.29, 1.82) is 0 Å². The number of benzene rings is 3. The molecule has 1 heterocycles. The molecular weight excluding hydrogens is 514 g/mol. The maximum absolute atomic E-state index is 13.2. The molecule has 0 aliphatic carbocycles. The van der Waals surface area contributed by atoms with E-state index >= 15 is 0 Å². The summed E-state index contributed by atoms with van der Waals surface area (Å²) < 4.78 is 23.5. The van der Waals surface area contributed by atoms with E-state index in [2.05, 4.69) is 31.4 Å². The number of hydrogen-bond donors (Lipinski definition) is 3. The number of rotatable bonds is 9. The van der Waals surface area contributed by atoms with E-state index in [0.717, 1.165) is 46.4 Å². The number of fused-ring (bicyclic) bond motifs is 1. The van der Waals surface area contributed by atoms with Crippen molar-refractivity contribution in [3.63, 3.8) is 0 Å². The number of nitrogens with two attached hydrogens (primary N) is 1.